The highest BCUT2D eigenvalue weighted by Crippen LogP contribution is 2.37. The van der Waals surface area contributed by atoms with E-state index in [9.17, 15) is 0 Å². The highest BCUT2D eigenvalue weighted by atomic mass is 15.1. The SMILES string of the molecule is CCN(Cc1ccccc1)c1ccc(-c2ccc(N(c3ccc(C)c(C)c3)c3ccc(C)c(C)c3)cc2)cc1. The molecule has 0 saturated carbocycles. The van der Waals surface area contributed by atoms with E-state index in [1.807, 2.05) is 0 Å². The molecule has 5 rings (SSSR count). The van der Waals surface area contributed by atoms with Gasteiger partial charge >= 0.3 is 0 Å². The Balaban J connectivity index is 1.43. The first-order valence-corrected chi connectivity index (χ1v) is 13.9. The molecule has 2 nitrogen and oxygen atoms in total. The molecule has 2 heteroatoms. The third-order valence-corrected chi connectivity index (χ3v) is 7.79. The van der Waals surface area contributed by atoms with E-state index in [2.05, 4.69) is 160 Å². The minimum atomic E-state index is 0.915. The molecule has 0 N–H and O–H groups in total. The molecule has 5 aromatic rings. The molecular formula is C37H38N2. The Hall–Kier alpha value is -4.30. The molecule has 0 amide bonds. The topological polar surface area (TPSA) is 6.48 Å². The Kier molecular flexibility index (Phi) is 7.84. The van der Waals surface area contributed by atoms with Crippen LogP contribution in [0.2, 0.25) is 0 Å². The smallest absolute Gasteiger partial charge is 0.0464 e. The second-order valence-corrected chi connectivity index (χ2v) is 10.5. The molecule has 0 aliphatic heterocycles. The zero-order chi connectivity index (χ0) is 27.4. The van der Waals surface area contributed by atoms with E-state index in [0.29, 0.717) is 0 Å². The number of aryl methyl sites for hydroxylation is 4. The Labute approximate surface area is 234 Å². The number of benzene rings is 5. The fraction of sp³-hybridized carbons (Fsp3) is 0.189. The molecule has 5 aromatic carbocycles. The summed E-state index contributed by atoms with van der Waals surface area (Å²) >= 11 is 0. The average molecular weight is 511 g/mol. The molecule has 196 valence electrons. The van der Waals surface area contributed by atoms with E-state index in [1.54, 1.807) is 0 Å². The Morgan fingerprint density at radius 1 is 0.462 bits per heavy atom. The van der Waals surface area contributed by atoms with Gasteiger partial charge in [-0.05, 0) is 122 Å². The monoisotopic (exact) mass is 510 g/mol. The van der Waals surface area contributed by atoms with Crippen molar-refractivity contribution in [2.75, 3.05) is 16.3 Å². The first kappa shape index (κ1) is 26.3. The molecule has 0 aliphatic carbocycles. The van der Waals surface area contributed by atoms with Gasteiger partial charge in [0.05, 0.1) is 0 Å². The minimum Gasteiger partial charge on any atom is -0.367 e. The molecule has 0 atom stereocenters. The molecule has 0 aromatic heterocycles. The summed E-state index contributed by atoms with van der Waals surface area (Å²) < 4.78 is 0. The maximum atomic E-state index is 2.41. The molecule has 0 radical (unpaired) electrons. The molecule has 0 heterocycles. The molecule has 0 saturated heterocycles. The highest BCUT2D eigenvalue weighted by Gasteiger charge is 2.14. The van der Waals surface area contributed by atoms with Crippen molar-refractivity contribution < 1.29 is 0 Å². The van der Waals surface area contributed by atoms with Gasteiger partial charge in [-0.2, -0.15) is 0 Å². The third-order valence-electron chi connectivity index (χ3n) is 7.79. The van der Waals surface area contributed by atoms with Gasteiger partial charge < -0.3 is 9.80 Å². The summed E-state index contributed by atoms with van der Waals surface area (Å²) in [7, 11) is 0. The minimum absolute atomic E-state index is 0.915. The van der Waals surface area contributed by atoms with Crippen LogP contribution in [-0.2, 0) is 6.54 Å². The van der Waals surface area contributed by atoms with E-state index >= 15 is 0 Å². The summed E-state index contributed by atoms with van der Waals surface area (Å²) in [5.74, 6) is 0. The van der Waals surface area contributed by atoms with Gasteiger partial charge in [-0.25, -0.2) is 0 Å². The fourth-order valence-corrected chi connectivity index (χ4v) is 5.03. The summed E-state index contributed by atoms with van der Waals surface area (Å²) in [5, 5.41) is 0. The number of rotatable bonds is 8. The lowest BCUT2D eigenvalue weighted by atomic mass is 10.0. The van der Waals surface area contributed by atoms with Crippen LogP contribution in [-0.4, -0.2) is 6.54 Å². The summed E-state index contributed by atoms with van der Waals surface area (Å²) in [6.07, 6.45) is 0. The van der Waals surface area contributed by atoms with Crippen molar-refractivity contribution in [3.8, 4) is 11.1 Å². The van der Waals surface area contributed by atoms with E-state index in [4.69, 9.17) is 0 Å². The number of hydrogen-bond acceptors (Lipinski definition) is 2. The van der Waals surface area contributed by atoms with Crippen LogP contribution in [0.4, 0.5) is 22.7 Å². The molecule has 0 spiro atoms. The van der Waals surface area contributed by atoms with Crippen molar-refractivity contribution in [1.29, 1.82) is 0 Å². The molecule has 0 fully saturated rings. The predicted molar refractivity (Wildman–Crippen MR) is 169 cm³/mol. The second kappa shape index (κ2) is 11.6. The van der Waals surface area contributed by atoms with Crippen molar-refractivity contribution in [1.82, 2.24) is 0 Å². The van der Waals surface area contributed by atoms with Crippen molar-refractivity contribution >= 4 is 22.7 Å². The highest BCUT2D eigenvalue weighted by molar-refractivity contribution is 5.79. The predicted octanol–water partition coefficient (Wildman–Crippen LogP) is 10.1. The van der Waals surface area contributed by atoms with Gasteiger partial charge in [-0.3, -0.25) is 0 Å². The molecular weight excluding hydrogens is 472 g/mol. The first-order chi connectivity index (χ1) is 18.9. The fourth-order valence-electron chi connectivity index (χ4n) is 5.03. The molecule has 0 aliphatic rings. The van der Waals surface area contributed by atoms with E-state index < -0.39 is 0 Å². The summed E-state index contributed by atoms with van der Waals surface area (Å²) in [5.41, 5.74) is 13.7. The van der Waals surface area contributed by atoms with Gasteiger partial charge in [0.1, 0.15) is 0 Å². The second-order valence-electron chi connectivity index (χ2n) is 10.5. The number of nitrogens with zero attached hydrogens (tertiary/aromatic N) is 2. The van der Waals surface area contributed by atoms with Crippen LogP contribution in [0.5, 0.6) is 0 Å². The zero-order valence-corrected chi connectivity index (χ0v) is 23.8. The Morgan fingerprint density at radius 2 is 0.923 bits per heavy atom. The molecule has 39 heavy (non-hydrogen) atoms. The summed E-state index contributed by atoms with van der Waals surface area (Å²) in [6, 6.07) is 42.0. The van der Waals surface area contributed by atoms with E-state index in [-0.39, 0.29) is 0 Å². The van der Waals surface area contributed by atoms with E-state index in [1.165, 1.54) is 56.0 Å². The van der Waals surface area contributed by atoms with Gasteiger partial charge in [0.25, 0.3) is 0 Å². The quantitative estimate of drug-likeness (QED) is 0.205. The maximum absolute atomic E-state index is 2.41. The van der Waals surface area contributed by atoms with Crippen LogP contribution in [0.15, 0.2) is 115 Å². The van der Waals surface area contributed by atoms with Crippen molar-refractivity contribution in [3.63, 3.8) is 0 Å². The van der Waals surface area contributed by atoms with Crippen molar-refractivity contribution in [2.24, 2.45) is 0 Å². The first-order valence-electron chi connectivity index (χ1n) is 13.9. The summed E-state index contributed by atoms with van der Waals surface area (Å²) in [6.45, 7) is 12.8. The zero-order valence-electron chi connectivity index (χ0n) is 23.8. The van der Waals surface area contributed by atoms with Gasteiger partial charge in [0.2, 0.25) is 0 Å². The van der Waals surface area contributed by atoms with Crippen LogP contribution in [0, 0.1) is 27.7 Å². The average Bonchev–Trinajstić information content (AvgIpc) is 2.97. The normalized spacial score (nSPS) is 10.9. The largest absolute Gasteiger partial charge is 0.367 e. The molecule has 0 unspecified atom stereocenters. The van der Waals surface area contributed by atoms with Gasteiger partial charge in [-0.1, -0.05) is 66.7 Å². The van der Waals surface area contributed by atoms with Crippen LogP contribution in [0.3, 0.4) is 0 Å². The van der Waals surface area contributed by atoms with Gasteiger partial charge in [0.15, 0.2) is 0 Å². The lowest BCUT2D eigenvalue weighted by Gasteiger charge is -2.27. The summed E-state index contributed by atoms with van der Waals surface area (Å²) in [4.78, 5) is 4.77. The number of hydrogen-bond donors (Lipinski definition) is 0. The standard InChI is InChI=1S/C37H38N2/c1-6-38(26-31-10-8-7-9-11-31)34-20-14-32(15-21-34)33-16-22-35(23-17-33)39(36-18-12-27(2)29(4)24-36)37-19-13-28(3)30(5)25-37/h7-25H,6,26H2,1-5H3. The number of anilines is 4. The lowest BCUT2D eigenvalue weighted by Crippen LogP contribution is -2.21. The molecule has 0 bridgehead atoms. The Bertz CT molecular complexity index is 1480. The van der Waals surface area contributed by atoms with Crippen LogP contribution in [0.25, 0.3) is 11.1 Å². The lowest BCUT2D eigenvalue weighted by molar-refractivity contribution is 0.832. The van der Waals surface area contributed by atoms with Gasteiger partial charge in [0, 0.05) is 35.8 Å². The Morgan fingerprint density at radius 3 is 1.38 bits per heavy atom. The third kappa shape index (κ3) is 5.91. The van der Waals surface area contributed by atoms with Crippen LogP contribution >= 0.6 is 0 Å². The van der Waals surface area contributed by atoms with Gasteiger partial charge in [-0.15, -0.1) is 0 Å². The van der Waals surface area contributed by atoms with Crippen molar-refractivity contribution in [3.05, 3.63) is 143 Å². The van der Waals surface area contributed by atoms with Crippen LogP contribution in [0.1, 0.15) is 34.7 Å². The maximum Gasteiger partial charge on any atom is 0.0464 e. The van der Waals surface area contributed by atoms with Crippen molar-refractivity contribution in [2.45, 2.75) is 41.2 Å². The van der Waals surface area contributed by atoms with E-state index in [0.717, 1.165) is 18.8 Å². The van der Waals surface area contributed by atoms with Crippen LogP contribution < -0.4 is 9.80 Å².